The van der Waals surface area contributed by atoms with Gasteiger partial charge in [0.05, 0.1) is 17.3 Å². The molecule has 0 unspecified atom stereocenters. The van der Waals surface area contributed by atoms with E-state index in [9.17, 15) is 4.79 Å². The zero-order chi connectivity index (χ0) is 19.1. The largest absolute Gasteiger partial charge is 0.492 e. The molecule has 5 nitrogen and oxygen atoms in total. The van der Waals surface area contributed by atoms with Crippen molar-refractivity contribution in [2.45, 2.75) is 6.92 Å². The van der Waals surface area contributed by atoms with Crippen molar-refractivity contribution in [2.75, 3.05) is 51.2 Å². The van der Waals surface area contributed by atoms with Crippen LogP contribution in [0.15, 0.2) is 48.5 Å². The SMILES string of the molecule is Cc1ccccc1OCCN1CCN(CC(=O)Nc2ccccc2Cl)CC1. The molecule has 0 bridgehead atoms. The van der Waals surface area contributed by atoms with E-state index >= 15 is 0 Å². The molecule has 0 aliphatic carbocycles. The fraction of sp³-hybridized carbons (Fsp3) is 0.381. The Bertz CT molecular complexity index is 761. The van der Waals surface area contributed by atoms with Gasteiger partial charge in [0.25, 0.3) is 0 Å². The first-order valence-corrected chi connectivity index (χ1v) is 9.67. The van der Waals surface area contributed by atoms with Crippen LogP contribution in [0.3, 0.4) is 0 Å². The second-order valence-electron chi connectivity index (χ2n) is 6.76. The van der Waals surface area contributed by atoms with E-state index in [4.69, 9.17) is 16.3 Å². The normalized spacial score (nSPS) is 15.5. The summed E-state index contributed by atoms with van der Waals surface area (Å²) >= 11 is 6.09. The summed E-state index contributed by atoms with van der Waals surface area (Å²) in [4.78, 5) is 16.8. The number of amides is 1. The molecule has 27 heavy (non-hydrogen) atoms. The Morgan fingerprint density at radius 3 is 2.44 bits per heavy atom. The van der Waals surface area contributed by atoms with Crippen molar-refractivity contribution in [1.29, 1.82) is 0 Å². The summed E-state index contributed by atoms with van der Waals surface area (Å²) in [6.07, 6.45) is 0. The molecule has 1 N–H and O–H groups in total. The number of benzene rings is 2. The fourth-order valence-corrected chi connectivity index (χ4v) is 3.31. The maximum absolute atomic E-state index is 12.2. The number of piperazine rings is 1. The van der Waals surface area contributed by atoms with Crippen molar-refractivity contribution in [3.63, 3.8) is 0 Å². The molecule has 0 radical (unpaired) electrons. The number of nitrogens with zero attached hydrogens (tertiary/aromatic N) is 2. The van der Waals surface area contributed by atoms with Gasteiger partial charge >= 0.3 is 0 Å². The van der Waals surface area contributed by atoms with Gasteiger partial charge in [0, 0.05) is 32.7 Å². The summed E-state index contributed by atoms with van der Waals surface area (Å²) in [6.45, 7) is 7.65. The Labute approximate surface area is 165 Å². The third kappa shape index (κ3) is 5.96. The highest BCUT2D eigenvalue weighted by Crippen LogP contribution is 2.20. The van der Waals surface area contributed by atoms with Crippen LogP contribution in [0.5, 0.6) is 5.75 Å². The number of hydrogen-bond acceptors (Lipinski definition) is 4. The third-order valence-corrected chi connectivity index (χ3v) is 5.07. The molecular formula is C21H26ClN3O2. The minimum atomic E-state index is -0.0283. The maximum Gasteiger partial charge on any atom is 0.238 e. The summed E-state index contributed by atoms with van der Waals surface area (Å²) in [5.41, 5.74) is 1.82. The summed E-state index contributed by atoms with van der Waals surface area (Å²) < 4.78 is 5.88. The maximum atomic E-state index is 12.2. The van der Waals surface area contributed by atoms with Crippen LogP contribution in [0.25, 0.3) is 0 Å². The molecule has 0 spiro atoms. The van der Waals surface area contributed by atoms with E-state index in [0.717, 1.165) is 44.0 Å². The average molecular weight is 388 g/mol. The molecule has 1 saturated heterocycles. The van der Waals surface area contributed by atoms with Gasteiger partial charge in [0.1, 0.15) is 12.4 Å². The number of anilines is 1. The first kappa shape index (κ1) is 19.7. The standard InChI is InChI=1S/C21H26ClN3O2/c1-17-6-2-5-9-20(17)27-15-14-24-10-12-25(13-11-24)16-21(26)23-19-8-4-3-7-18(19)22/h2-9H,10-16H2,1H3,(H,23,26). The Balaban J connectivity index is 1.36. The van der Waals surface area contributed by atoms with Gasteiger partial charge in [-0.2, -0.15) is 0 Å². The number of aryl methyl sites for hydroxylation is 1. The first-order valence-electron chi connectivity index (χ1n) is 9.29. The lowest BCUT2D eigenvalue weighted by molar-refractivity contribution is -0.117. The summed E-state index contributed by atoms with van der Waals surface area (Å²) in [5.74, 6) is 0.923. The lowest BCUT2D eigenvalue weighted by Crippen LogP contribution is -2.49. The number of carbonyl (C=O) groups is 1. The number of nitrogens with one attached hydrogen (secondary N) is 1. The smallest absolute Gasteiger partial charge is 0.238 e. The number of hydrogen-bond donors (Lipinski definition) is 1. The van der Waals surface area contributed by atoms with Crippen molar-refractivity contribution in [1.82, 2.24) is 9.80 Å². The zero-order valence-electron chi connectivity index (χ0n) is 15.7. The molecule has 1 amide bonds. The molecule has 2 aromatic rings. The van der Waals surface area contributed by atoms with Gasteiger partial charge in [-0.15, -0.1) is 0 Å². The van der Waals surface area contributed by atoms with Crippen LogP contribution in [-0.2, 0) is 4.79 Å². The van der Waals surface area contributed by atoms with E-state index in [1.54, 1.807) is 6.07 Å². The molecule has 0 aromatic heterocycles. The van der Waals surface area contributed by atoms with Crippen molar-refractivity contribution in [2.24, 2.45) is 0 Å². The number of carbonyl (C=O) groups excluding carboxylic acids is 1. The van der Waals surface area contributed by atoms with Crippen molar-refractivity contribution < 1.29 is 9.53 Å². The van der Waals surface area contributed by atoms with Gasteiger partial charge in [-0.05, 0) is 30.7 Å². The minimum Gasteiger partial charge on any atom is -0.492 e. The Morgan fingerprint density at radius 1 is 1.04 bits per heavy atom. The second-order valence-corrected chi connectivity index (χ2v) is 7.17. The first-order chi connectivity index (χ1) is 13.1. The Kier molecular flexibility index (Phi) is 7.10. The Morgan fingerprint density at radius 2 is 1.70 bits per heavy atom. The quantitative estimate of drug-likeness (QED) is 0.791. The van der Waals surface area contributed by atoms with Crippen LogP contribution in [0.2, 0.25) is 5.02 Å². The zero-order valence-corrected chi connectivity index (χ0v) is 16.4. The van der Waals surface area contributed by atoms with Gasteiger partial charge in [-0.1, -0.05) is 41.9 Å². The minimum absolute atomic E-state index is 0.0283. The van der Waals surface area contributed by atoms with Crippen LogP contribution in [0.4, 0.5) is 5.69 Å². The molecule has 2 aromatic carbocycles. The van der Waals surface area contributed by atoms with Crippen molar-refractivity contribution in [3.8, 4) is 5.75 Å². The van der Waals surface area contributed by atoms with Crippen LogP contribution >= 0.6 is 11.6 Å². The number of halogens is 1. The molecule has 1 heterocycles. The van der Waals surface area contributed by atoms with E-state index in [-0.39, 0.29) is 5.91 Å². The van der Waals surface area contributed by atoms with Gasteiger partial charge in [-0.3, -0.25) is 14.6 Å². The highest BCUT2D eigenvalue weighted by atomic mass is 35.5. The fourth-order valence-electron chi connectivity index (χ4n) is 3.13. The number of ether oxygens (including phenoxy) is 1. The highest BCUT2D eigenvalue weighted by Gasteiger charge is 2.19. The summed E-state index contributed by atoms with van der Waals surface area (Å²) in [7, 11) is 0. The molecule has 144 valence electrons. The Hall–Kier alpha value is -2.08. The molecule has 3 rings (SSSR count). The van der Waals surface area contributed by atoms with Gasteiger partial charge in [-0.25, -0.2) is 0 Å². The predicted molar refractivity (Wildman–Crippen MR) is 110 cm³/mol. The van der Waals surface area contributed by atoms with Crippen molar-refractivity contribution >= 4 is 23.2 Å². The average Bonchev–Trinajstić information content (AvgIpc) is 2.66. The van der Waals surface area contributed by atoms with Crippen LogP contribution in [-0.4, -0.2) is 61.6 Å². The topological polar surface area (TPSA) is 44.8 Å². The van der Waals surface area contributed by atoms with Crippen LogP contribution < -0.4 is 10.1 Å². The second kappa shape index (κ2) is 9.74. The van der Waals surface area contributed by atoms with E-state index in [0.29, 0.717) is 23.9 Å². The number of rotatable bonds is 7. The van der Waals surface area contributed by atoms with E-state index in [2.05, 4.69) is 28.1 Å². The van der Waals surface area contributed by atoms with Gasteiger partial charge in [0.2, 0.25) is 5.91 Å². The van der Waals surface area contributed by atoms with E-state index in [1.165, 1.54) is 0 Å². The molecule has 1 aliphatic heterocycles. The lowest BCUT2D eigenvalue weighted by atomic mass is 10.2. The molecule has 0 saturated carbocycles. The lowest BCUT2D eigenvalue weighted by Gasteiger charge is -2.34. The van der Waals surface area contributed by atoms with Crippen LogP contribution in [0.1, 0.15) is 5.56 Å². The molecule has 0 atom stereocenters. The third-order valence-electron chi connectivity index (χ3n) is 4.74. The molecule has 1 aliphatic rings. The predicted octanol–water partition coefficient (Wildman–Crippen LogP) is 3.28. The monoisotopic (exact) mass is 387 g/mol. The van der Waals surface area contributed by atoms with Gasteiger partial charge < -0.3 is 10.1 Å². The molecule has 1 fully saturated rings. The summed E-state index contributed by atoms with van der Waals surface area (Å²) in [5, 5.41) is 3.44. The number of para-hydroxylation sites is 2. The van der Waals surface area contributed by atoms with Crippen LogP contribution in [0, 0.1) is 6.92 Å². The highest BCUT2D eigenvalue weighted by molar-refractivity contribution is 6.33. The molecular weight excluding hydrogens is 362 g/mol. The van der Waals surface area contributed by atoms with E-state index < -0.39 is 0 Å². The summed E-state index contributed by atoms with van der Waals surface area (Å²) in [6, 6.07) is 15.4. The van der Waals surface area contributed by atoms with Crippen molar-refractivity contribution in [3.05, 3.63) is 59.1 Å². The van der Waals surface area contributed by atoms with E-state index in [1.807, 2.05) is 36.4 Å². The van der Waals surface area contributed by atoms with Gasteiger partial charge in [0.15, 0.2) is 0 Å². The molecule has 6 heteroatoms.